The van der Waals surface area contributed by atoms with E-state index in [0.29, 0.717) is 5.92 Å². The van der Waals surface area contributed by atoms with E-state index in [-0.39, 0.29) is 19.8 Å². The zero-order valence-corrected chi connectivity index (χ0v) is 9.99. The standard InChI is InChI=1S/C12H25NO3/c14-8-12(9-15,10-16)13-7-11-5-3-1-2-4-6-11/h11,13-16H,1-10H2. The van der Waals surface area contributed by atoms with Crippen LogP contribution < -0.4 is 5.32 Å². The van der Waals surface area contributed by atoms with Crippen LogP contribution in [0.5, 0.6) is 0 Å². The molecule has 4 N–H and O–H groups in total. The zero-order chi connectivity index (χ0) is 11.9. The van der Waals surface area contributed by atoms with Crippen molar-refractivity contribution in [3.63, 3.8) is 0 Å². The van der Waals surface area contributed by atoms with Crippen LogP contribution in [0, 0.1) is 5.92 Å². The second-order valence-electron chi connectivity index (χ2n) is 4.99. The molecule has 0 saturated heterocycles. The molecule has 0 aromatic rings. The van der Waals surface area contributed by atoms with Gasteiger partial charge in [-0.2, -0.15) is 0 Å². The molecular formula is C12H25NO3. The summed E-state index contributed by atoms with van der Waals surface area (Å²) in [5, 5.41) is 30.7. The highest BCUT2D eigenvalue weighted by Crippen LogP contribution is 2.22. The highest BCUT2D eigenvalue weighted by Gasteiger charge is 2.28. The van der Waals surface area contributed by atoms with E-state index in [1.807, 2.05) is 0 Å². The SMILES string of the molecule is OCC(CO)(CO)NCC1CCCCCC1. The van der Waals surface area contributed by atoms with Crippen LogP contribution in [0.4, 0.5) is 0 Å². The molecule has 0 spiro atoms. The van der Waals surface area contributed by atoms with Crippen LogP contribution in [0.15, 0.2) is 0 Å². The van der Waals surface area contributed by atoms with Gasteiger partial charge in [-0.1, -0.05) is 25.7 Å². The van der Waals surface area contributed by atoms with E-state index in [0.717, 1.165) is 6.54 Å². The summed E-state index contributed by atoms with van der Waals surface area (Å²) in [5.74, 6) is 0.617. The molecule has 0 aliphatic heterocycles. The molecule has 1 fully saturated rings. The smallest absolute Gasteiger partial charge is 0.0881 e. The van der Waals surface area contributed by atoms with Crippen molar-refractivity contribution in [2.24, 2.45) is 5.92 Å². The van der Waals surface area contributed by atoms with Gasteiger partial charge in [0.25, 0.3) is 0 Å². The monoisotopic (exact) mass is 231 g/mol. The fourth-order valence-electron chi connectivity index (χ4n) is 2.25. The molecule has 1 aliphatic carbocycles. The Morgan fingerprint density at radius 2 is 1.38 bits per heavy atom. The Balaban J connectivity index is 2.35. The first-order valence-corrected chi connectivity index (χ1v) is 6.34. The van der Waals surface area contributed by atoms with Gasteiger partial charge in [0, 0.05) is 0 Å². The van der Waals surface area contributed by atoms with Gasteiger partial charge >= 0.3 is 0 Å². The van der Waals surface area contributed by atoms with E-state index in [1.165, 1.54) is 38.5 Å². The summed E-state index contributed by atoms with van der Waals surface area (Å²) in [6.45, 7) is 0.0911. The zero-order valence-electron chi connectivity index (χ0n) is 9.99. The summed E-state index contributed by atoms with van der Waals surface area (Å²) < 4.78 is 0. The van der Waals surface area contributed by atoms with Crippen molar-refractivity contribution in [3.8, 4) is 0 Å². The molecule has 0 heterocycles. The van der Waals surface area contributed by atoms with Gasteiger partial charge in [0.05, 0.1) is 25.4 Å². The molecule has 1 saturated carbocycles. The van der Waals surface area contributed by atoms with Gasteiger partial charge in [-0.3, -0.25) is 0 Å². The van der Waals surface area contributed by atoms with Crippen molar-refractivity contribution in [2.75, 3.05) is 26.4 Å². The molecule has 0 bridgehead atoms. The normalized spacial score (nSPS) is 19.7. The summed E-state index contributed by atoms with van der Waals surface area (Å²) in [7, 11) is 0. The topological polar surface area (TPSA) is 72.7 Å². The molecule has 0 aromatic heterocycles. The van der Waals surface area contributed by atoms with Crippen molar-refractivity contribution in [2.45, 2.75) is 44.1 Å². The number of nitrogens with one attached hydrogen (secondary N) is 1. The van der Waals surface area contributed by atoms with Gasteiger partial charge in [-0.05, 0) is 25.3 Å². The van der Waals surface area contributed by atoms with Crippen LogP contribution in [-0.2, 0) is 0 Å². The lowest BCUT2D eigenvalue weighted by atomic mass is 9.97. The molecule has 4 heteroatoms. The number of hydrogen-bond donors (Lipinski definition) is 4. The van der Waals surface area contributed by atoms with Gasteiger partial charge in [0.1, 0.15) is 0 Å². The van der Waals surface area contributed by atoms with Gasteiger partial charge in [-0.15, -0.1) is 0 Å². The molecule has 4 nitrogen and oxygen atoms in total. The molecular weight excluding hydrogens is 206 g/mol. The third-order valence-electron chi connectivity index (χ3n) is 3.65. The Bertz CT molecular complexity index is 167. The fourth-order valence-corrected chi connectivity index (χ4v) is 2.25. The van der Waals surface area contributed by atoms with E-state index < -0.39 is 5.54 Å². The van der Waals surface area contributed by atoms with Crippen molar-refractivity contribution in [1.82, 2.24) is 5.32 Å². The third kappa shape index (κ3) is 4.01. The number of hydrogen-bond acceptors (Lipinski definition) is 4. The molecule has 0 unspecified atom stereocenters. The average molecular weight is 231 g/mol. The Hall–Kier alpha value is -0.160. The quantitative estimate of drug-likeness (QED) is 0.495. The lowest BCUT2D eigenvalue weighted by Crippen LogP contribution is -2.56. The summed E-state index contributed by atoms with van der Waals surface area (Å²) in [5.41, 5.74) is -0.910. The van der Waals surface area contributed by atoms with Gasteiger partial charge in [0.2, 0.25) is 0 Å². The molecule has 0 aromatic carbocycles. The molecule has 0 amide bonds. The summed E-state index contributed by atoms with van der Waals surface area (Å²) in [4.78, 5) is 0. The van der Waals surface area contributed by atoms with Crippen LogP contribution in [-0.4, -0.2) is 47.2 Å². The van der Waals surface area contributed by atoms with Crippen molar-refractivity contribution < 1.29 is 15.3 Å². The maximum Gasteiger partial charge on any atom is 0.0881 e. The van der Waals surface area contributed by atoms with Crippen LogP contribution in [0.3, 0.4) is 0 Å². The second kappa shape index (κ2) is 7.22. The van der Waals surface area contributed by atoms with Crippen molar-refractivity contribution >= 4 is 0 Å². The minimum atomic E-state index is -0.910. The molecule has 1 rings (SSSR count). The largest absolute Gasteiger partial charge is 0.394 e. The van der Waals surface area contributed by atoms with Crippen LogP contribution in [0.1, 0.15) is 38.5 Å². The molecule has 0 atom stereocenters. The highest BCUT2D eigenvalue weighted by atomic mass is 16.3. The van der Waals surface area contributed by atoms with Gasteiger partial charge in [0.15, 0.2) is 0 Å². The predicted molar refractivity (Wildman–Crippen MR) is 63.2 cm³/mol. The van der Waals surface area contributed by atoms with Gasteiger partial charge in [-0.25, -0.2) is 0 Å². The summed E-state index contributed by atoms with van der Waals surface area (Å²) in [6.07, 6.45) is 7.62. The first kappa shape index (κ1) is 13.9. The second-order valence-corrected chi connectivity index (χ2v) is 4.99. The third-order valence-corrected chi connectivity index (χ3v) is 3.65. The van der Waals surface area contributed by atoms with E-state index in [4.69, 9.17) is 0 Å². The highest BCUT2D eigenvalue weighted by molar-refractivity contribution is 4.87. The fraction of sp³-hybridized carbons (Fsp3) is 1.00. The van der Waals surface area contributed by atoms with Crippen LogP contribution >= 0.6 is 0 Å². The summed E-state index contributed by atoms with van der Waals surface area (Å²) in [6, 6.07) is 0. The van der Waals surface area contributed by atoms with E-state index in [9.17, 15) is 15.3 Å². The first-order valence-electron chi connectivity index (χ1n) is 6.34. The lowest BCUT2D eigenvalue weighted by molar-refractivity contribution is 0.0394. The minimum Gasteiger partial charge on any atom is -0.394 e. The predicted octanol–water partition coefficient (Wildman–Crippen LogP) is 0.262. The summed E-state index contributed by atoms with van der Waals surface area (Å²) >= 11 is 0. The van der Waals surface area contributed by atoms with Crippen molar-refractivity contribution in [3.05, 3.63) is 0 Å². The van der Waals surface area contributed by atoms with Gasteiger partial charge < -0.3 is 20.6 Å². The molecule has 16 heavy (non-hydrogen) atoms. The Morgan fingerprint density at radius 3 is 1.81 bits per heavy atom. The Kier molecular flexibility index (Phi) is 6.28. The van der Waals surface area contributed by atoms with E-state index in [2.05, 4.69) is 5.32 Å². The van der Waals surface area contributed by atoms with Crippen LogP contribution in [0.25, 0.3) is 0 Å². The Morgan fingerprint density at radius 1 is 0.875 bits per heavy atom. The van der Waals surface area contributed by atoms with E-state index >= 15 is 0 Å². The average Bonchev–Trinajstić information content (AvgIpc) is 2.60. The molecule has 1 aliphatic rings. The minimum absolute atomic E-state index is 0.229. The molecule has 0 radical (unpaired) electrons. The number of aliphatic hydroxyl groups is 3. The first-order chi connectivity index (χ1) is 7.76. The molecule has 96 valence electrons. The van der Waals surface area contributed by atoms with Crippen molar-refractivity contribution in [1.29, 1.82) is 0 Å². The van der Waals surface area contributed by atoms with Crippen LogP contribution in [0.2, 0.25) is 0 Å². The Labute approximate surface area is 97.7 Å². The van der Waals surface area contributed by atoms with E-state index in [1.54, 1.807) is 0 Å². The maximum absolute atomic E-state index is 9.18. The lowest BCUT2D eigenvalue weighted by Gasteiger charge is -2.30. The maximum atomic E-state index is 9.18. The number of aliphatic hydroxyl groups excluding tert-OH is 3. The number of rotatable bonds is 6.